The lowest BCUT2D eigenvalue weighted by Crippen LogP contribution is -2.15. The summed E-state index contributed by atoms with van der Waals surface area (Å²) in [6.45, 7) is 6.41. The zero-order valence-electron chi connectivity index (χ0n) is 19.0. The number of carbonyl (C=O) groups is 1. The van der Waals surface area contributed by atoms with E-state index in [0.29, 0.717) is 49.2 Å². The quantitative estimate of drug-likeness (QED) is 0.158. The molecule has 0 saturated heterocycles. The van der Waals surface area contributed by atoms with E-state index < -0.39 is 0 Å². The summed E-state index contributed by atoms with van der Waals surface area (Å²) in [5, 5.41) is 15.9. The third kappa shape index (κ3) is 6.60. The molecule has 0 aliphatic heterocycles. The van der Waals surface area contributed by atoms with Crippen molar-refractivity contribution in [3.05, 3.63) is 80.9 Å². The normalized spacial score (nSPS) is 10.9. The van der Waals surface area contributed by atoms with Crippen molar-refractivity contribution < 1.29 is 9.53 Å². The molecule has 0 saturated carbocycles. The number of hydrogen-bond donors (Lipinski definition) is 1. The molecule has 4 aromatic rings. The van der Waals surface area contributed by atoms with E-state index in [-0.39, 0.29) is 18.3 Å². The third-order valence-electron chi connectivity index (χ3n) is 4.89. The van der Waals surface area contributed by atoms with Gasteiger partial charge in [0.25, 0.3) is 0 Å². The largest absolute Gasteiger partial charge is 0.486 e. The van der Waals surface area contributed by atoms with Gasteiger partial charge in [-0.2, -0.15) is 0 Å². The second-order valence-corrected chi connectivity index (χ2v) is 10.5. The van der Waals surface area contributed by atoms with Crippen LogP contribution in [-0.2, 0) is 17.9 Å². The maximum atomic E-state index is 12.6. The molecular weight excluding hydrogens is 561 g/mol. The number of thioether (sulfide) groups is 1. The molecule has 1 amide bonds. The summed E-state index contributed by atoms with van der Waals surface area (Å²) in [4.78, 5) is 17.0. The van der Waals surface area contributed by atoms with Crippen LogP contribution in [-0.4, -0.2) is 31.4 Å². The molecule has 2 aromatic heterocycles. The number of hydrogen-bond acceptors (Lipinski definition) is 7. The van der Waals surface area contributed by atoms with E-state index in [4.69, 9.17) is 39.5 Å². The van der Waals surface area contributed by atoms with Crippen LogP contribution < -0.4 is 10.1 Å². The highest BCUT2D eigenvalue weighted by Gasteiger charge is 2.16. The molecule has 0 bridgehead atoms. The van der Waals surface area contributed by atoms with E-state index in [1.165, 1.54) is 23.1 Å². The second kappa shape index (κ2) is 12.1. The molecule has 0 aliphatic carbocycles. The maximum Gasteiger partial charge on any atom is 0.236 e. The van der Waals surface area contributed by atoms with E-state index >= 15 is 0 Å². The fraction of sp³-hybridized carbons (Fsp3) is 0.167. The number of allylic oxidation sites excluding steroid dienone is 1. The number of halogens is 3. The summed E-state index contributed by atoms with van der Waals surface area (Å²) < 4.78 is 7.72. The number of carbonyl (C=O) groups excluding carboxylic acids is 1. The standard InChI is InChI=1S/C24H20Cl3N5O2S2/c1-3-8-32-21(11-34-16-5-7-18(26)14(2)9-16)30-31-24(32)36-13-22(33)29-23-28-20(12-35-23)17-6-4-15(25)10-19(17)27/h3-7,9-10,12H,1,8,11,13H2,2H3,(H,28,29,33). The molecule has 0 fully saturated rings. The van der Waals surface area contributed by atoms with E-state index in [2.05, 4.69) is 27.1 Å². The third-order valence-corrected chi connectivity index (χ3v) is 7.59. The van der Waals surface area contributed by atoms with Crippen molar-refractivity contribution in [1.82, 2.24) is 19.7 Å². The molecule has 0 unspecified atom stereocenters. The molecule has 0 aliphatic rings. The highest BCUT2D eigenvalue weighted by atomic mass is 35.5. The van der Waals surface area contributed by atoms with Crippen molar-refractivity contribution in [2.24, 2.45) is 0 Å². The van der Waals surface area contributed by atoms with Gasteiger partial charge in [-0.3, -0.25) is 9.36 Å². The van der Waals surface area contributed by atoms with Gasteiger partial charge in [0.2, 0.25) is 5.91 Å². The number of rotatable bonds is 10. The topological polar surface area (TPSA) is 81.9 Å². The number of aryl methyl sites for hydroxylation is 1. The molecule has 4 rings (SSSR count). The number of benzene rings is 2. The second-order valence-electron chi connectivity index (χ2n) is 7.50. The van der Waals surface area contributed by atoms with Crippen molar-refractivity contribution in [2.45, 2.75) is 25.2 Å². The van der Waals surface area contributed by atoms with Gasteiger partial charge in [0.05, 0.1) is 16.5 Å². The van der Waals surface area contributed by atoms with Gasteiger partial charge in [-0.15, -0.1) is 28.1 Å². The number of aromatic nitrogens is 4. The molecule has 7 nitrogen and oxygen atoms in total. The molecule has 186 valence electrons. The van der Waals surface area contributed by atoms with Crippen LogP contribution >= 0.6 is 57.9 Å². The monoisotopic (exact) mass is 579 g/mol. The average Bonchev–Trinajstić information content (AvgIpc) is 3.45. The lowest BCUT2D eigenvalue weighted by atomic mass is 10.2. The fourth-order valence-corrected chi connectivity index (χ4v) is 5.25. The molecule has 0 atom stereocenters. The van der Waals surface area contributed by atoms with Gasteiger partial charge in [0.1, 0.15) is 12.4 Å². The first kappa shape index (κ1) is 26.5. The lowest BCUT2D eigenvalue weighted by Gasteiger charge is -2.10. The Morgan fingerprint density at radius 2 is 2.03 bits per heavy atom. The molecule has 2 heterocycles. The minimum atomic E-state index is -0.217. The van der Waals surface area contributed by atoms with Crippen LogP contribution in [0.4, 0.5) is 5.13 Å². The molecule has 1 N–H and O–H groups in total. The minimum absolute atomic E-state index is 0.128. The Hall–Kier alpha value is -2.56. The summed E-state index contributed by atoms with van der Waals surface area (Å²) in [6, 6.07) is 10.6. The zero-order valence-corrected chi connectivity index (χ0v) is 22.9. The van der Waals surface area contributed by atoms with Crippen molar-refractivity contribution in [2.75, 3.05) is 11.1 Å². The summed E-state index contributed by atoms with van der Waals surface area (Å²) in [7, 11) is 0. The SMILES string of the molecule is C=CCn1c(COc2ccc(Cl)c(C)c2)nnc1SCC(=O)Nc1nc(-c2ccc(Cl)cc2Cl)cs1. The van der Waals surface area contributed by atoms with Gasteiger partial charge in [0.15, 0.2) is 16.1 Å². The molecule has 12 heteroatoms. The van der Waals surface area contributed by atoms with E-state index in [1.54, 1.807) is 36.4 Å². The van der Waals surface area contributed by atoms with Crippen LogP contribution in [0.15, 0.2) is 59.6 Å². The summed E-state index contributed by atoms with van der Waals surface area (Å²) >= 11 is 20.9. The van der Waals surface area contributed by atoms with Crippen LogP contribution in [0.3, 0.4) is 0 Å². The Kier molecular flexibility index (Phi) is 8.92. The Labute approximate surface area is 231 Å². The predicted molar refractivity (Wildman–Crippen MR) is 148 cm³/mol. The summed E-state index contributed by atoms with van der Waals surface area (Å²) in [5.74, 6) is 1.21. The predicted octanol–water partition coefficient (Wildman–Crippen LogP) is 7.17. The van der Waals surface area contributed by atoms with Crippen molar-refractivity contribution in [3.63, 3.8) is 0 Å². The number of nitrogens with zero attached hydrogens (tertiary/aromatic N) is 4. The number of anilines is 1. The first-order valence-electron chi connectivity index (χ1n) is 10.6. The van der Waals surface area contributed by atoms with Crippen LogP contribution in [0.2, 0.25) is 15.1 Å². The maximum absolute atomic E-state index is 12.6. The van der Waals surface area contributed by atoms with Crippen molar-refractivity contribution in [1.29, 1.82) is 0 Å². The minimum Gasteiger partial charge on any atom is -0.486 e. The number of thiazole rings is 1. The molecule has 2 aromatic carbocycles. The Morgan fingerprint density at radius 3 is 2.78 bits per heavy atom. The first-order chi connectivity index (χ1) is 17.3. The highest BCUT2D eigenvalue weighted by Crippen LogP contribution is 2.32. The molecular formula is C24H20Cl3N5O2S2. The van der Waals surface area contributed by atoms with Gasteiger partial charge in [-0.25, -0.2) is 4.98 Å². The van der Waals surface area contributed by atoms with Gasteiger partial charge in [0, 0.05) is 27.5 Å². The van der Waals surface area contributed by atoms with Crippen molar-refractivity contribution >= 4 is 68.9 Å². The molecule has 0 spiro atoms. The van der Waals surface area contributed by atoms with Crippen LogP contribution in [0.25, 0.3) is 11.3 Å². The smallest absolute Gasteiger partial charge is 0.236 e. The highest BCUT2D eigenvalue weighted by molar-refractivity contribution is 7.99. The Balaban J connectivity index is 1.36. The zero-order chi connectivity index (χ0) is 25.7. The lowest BCUT2D eigenvalue weighted by molar-refractivity contribution is -0.113. The average molecular weight is 581 g/mol. The number of nitrogens with one attached hydrogen (secondary N) is 1. The van der Waals surface area contributed by atoms with E-state index in [9.17, 15) is 4.79 Å². The van der Waals surface area contributed by atoms with Gasteiger partial charge >= 0.3 is 0 Å². The number of ether oxygens (including phenoxy) is 1. The van der Waals surface area contributed by atoms with Gasteiger partial charge in [-0.05, 0) is 48.9 Å². The van der Waals surface area contributed by atoms with Crippen LogP contribution in [0.5, 0.6) is 5.75 Å². The van der Waals surface area contributed by atoms with E-state index in [0.717, 1.165) is 11.1 Å². The Morgan fingerprint density at radius 1 is 1.19 bits per heavy atom. The summed E-state index contributed by atoms with van der Waals surface area (Å²) in [6.07, 6.45) is 1.74. The Bertz CT molecular complexity index is 1410. The summed E-state index contributed by atoms with van der Waals surface area (Å²) in [5.41, 5.74) is 2.33. The van der Waals surface area contributed by atoms with Crippen LogP contribution in [0.1, 0.15) is 11.4 Å². The van der Waals surface area contributed by atoms with Gasteiger partial charge in [-0.1, -0.05) is 52.6 Å². The van der Waals surface area contributed by atoms with E-state index in [1.807, 2.05) is 22.9 Å². The number of amides is 1. The fourth-order valence-electron chi connectivity index (χ4n) is 3.14. The molecule has 36 heavy (non-hydrogen) atoms. The van der Waals surface area contributed by atoms with Crippen molar-refractivity contribution in [3.8, 4) is 17.0 Å². The first-order valence-corrected chi connectivity index (χ1v) is 13.6. The van der Waals surface area contributed by atoms with Gasteiger partial charge < -0.3 is 10.1 Å². The molecule has 0 radical (unpaired) electrons. The van der Waals surface area contributed by atoms with Crippen LogP contribution in [0, 0.1) is 6.92 Å².